The summed E-state index contributed by atoms with van der Waals surface area (Å²) in [6.07, 6.45) is 1.82. The Hall–Kier alpha value is -2.33. The molecular formula is C15H16N4. The monoisotopic (exact) mass is 252 g/mol. The lowest BCUT2D eigenvalue weighted by Gasteiger charge is -2.07. The maximum Gasteiger partial charge on any atom is 0.0665 e. The summed E-state index contributed by atoms with van der Waals surface area (Å²) in [4.78, 5) is 0. The van der Waals surface area contributed by atoms with Gasteiger partial charge in [-0.3, -0.25) is 0 Å². The first-order chi connectivity index (χ1) is 9.33. The number of nitrogens with zero attached hydrogens (tertiary/aromatic N) is 2. The van der Waals surface area contributed by atoms with Gasteiger partial charge >= 0.3 is 0 Å². The fourth-order valence-corrected chi connectivity index (χ4v) is 2.11. The van der Waals surface area contributed by atoms with Crippen molar-refractivity contribution < 1.29 is 0 Å². The van der Waals surface area contributed by atoms with E-state index in [4.69, 9.17) is 5.73 Å². The van der Waals surface area contributed by atoms with Crippen LogP contribution in [0.25, 0.3) is 5.52 Å². The van der Waals surface area contributed by atoms with Gasteiger partial charge in [0.15, 0.2) is 0 Å². The first kappa shape index (κ1) is 11.7. The number of nitrogen functional groups attached to an aromatic ring is 1. The predicted octanol–water partition coefficient (Wildman–Crippen LogP) is 2.21. The maximum absolute atomic E-state index is 5.66. The van der Waals surface area contributed by atoms with Gasteiger partial charge in [0.1, 0.15) is 0 Å². The molecule has 4 heteroatoms. The van der Waals surface area contributed by atoms with Crippen LogP contribution < -0.4 is 11.1 Å². The number of anilines is 1. The molecule has 0 atom stereocenters. The largest absolute Gasteiger partial charge is 0.399 e. The van der Waals surface area contributed by atoms with Gasteiger partial charge in [0.25, 0.3) is 0 Å². The number of hydrogen-bond acceptors (Lipinski definition) is 3. The highest BCUT2D eigenvalue weighted by molar-refractivity contribution is 5.46. The Balaban J connectivity index is 1.66. The van der Waals surface area contributed by atoms with Gasteiger partial charge in [-0.15, -0.1) is 0 Å². The minimum Gasteiger partial charge on any atom is -0.399 e. The number of fused-ring (bicyclic) bond motifs is 1. The topological polar surface area (TPSA) is 55.3 Å². The summed E-state index contributed by atoms with van der Waals surface area (Å²) in [5.74, 6) is 0. The van der Waals surface area contributed by atoms with Crippen LogP contribution in [0, 0.1) is 0 Å². The summed E-state index contributed by atoms with van der Waals surface area (Å²) in [6.45, 7) is 1.60. The molecule has 2 heterocycles. The number of hydrogen-bond donors (Lipinski definition) is 2. The van der Waals surface area contributed by atoms with E-state index in [2.05, 4.69) is 28.6 Å². The number of aromatic nitrogens is 2. The SMILES string of the molecule is Nc1ccc(CNCc2cccc3ccnn23)cc1. The van der Waals surface area contributed by atoms with Crippen LogP contribution in [0.15, 0.2) is 54.7 Å². The Bertz CT molecular complexity index is 670. The highest BCUT2D eigenvalue weighted by Crippen LogP contribution is 2.08. The standard InChI is InChI=1S/C15H16N4/c16-13-6-4-12(5-7-13)10-17-11-15-3-1-2-14-8-9-18-19(14)15/h1-9,17H,10-11,16H2. The van der Waals surface area contributed by atoms with E-state index in [1.165, 1.54) is 5.56 Å². The van der Waals surface area contributed by atoms with Crippen molar-refractivity contribution >= 4 is 11.2 Å². The second-order valence-electron chi connectivity index (χ2n) is 4.53. The highest BCUT2D eigenvalue weighted by Gasteiger charge is 2.00. The van der Waals surface area contributed by atoms with Gasteiger partial charge in [0, 0.05) is 25.0 Å². The zero-order valence-corrected chi connectivity index (χ0v) is 10.6. The Morgan fingerprint density at radius 2 is 1.84 bits per heavy atom. The van der Waals surface area contributed by atoms with E-state index < -0.39 is 0 Å². The molecule has 4 nitrogen and oxygen atoms in total. The molecule has 0 saturated carbocycles. The van der Waals surface area contributed by atoms with Crippen molar-refractivity contribution in [2.45, 2.75) is 13.1 Å². The van der Waals surface area contributed by atoms with Crippen LogP contribution in [-0.2, 0) is 13.1 Å². The fourth-order valence-electron chi connectivity index (χ4n) is 2.11. The molecule has 2 aromatic heterocycles. The van der Waals surface area contributed by atoms with Gasteiger partial charge < -0.3 is 11.1 Å². The molecule has 19 heavy (non-hydrogen) atoms. The summed E-state index contributed by atoms with van der Waals surface area (Å²) in [5, 5.41) is 7.73. The molecule has 0 aliphatic heterocycles. The molecule has 0 radical (unpaired) electrons. The molecule has 0 amide bonds. The third-order valence-electron chi connectivity index (χ3n) is 3.11. The normalized spacial score (nSPS) is 10.9. The third kappa shape index (κ3) is 2.58. The predicted molar refractivity (Wildman–Crippen MR) is 76.6 cm³/mol. The molecule has 96 valence electrons. The number of nitrogens with two attached hydrogens (primary N) is 1. The van der Waals surface area contributed by atoms with Crippen LogP contribution in [-0.4, -0.2) is 9.61 Å². The second-order valence-corrected chi connectivity index (χ2v) is 4.53. The fraction of sp³-hybridized carbons (Fsp3) is 0.133. The van der Waals surface area contributed by atoms with Crippen molar-refractivity contribution in [3.05, 3.63) is 66.0 Å². The molecule has 0 fully saturated rings. The van der Waals surface area contributed by atoms with E-state index in [1.807, 2.05) is 41.0 Å². The van der Waals surface area contributed by atoms with E-state index >= 15 is 0 Å². The lowest BCUT2D eigenvalue weighted by Crippen LogP contribution is -2.15. The number of benzene rings is 1. The zero-order chi connectivity index (χ0) is 13.1. The van der Waals surface area contributed by atoms with Crippen molar-refractivity contribution in [1.82, 2.24) is 14.9 Å². The van der Waals surface area contributed by atoms with Crippen LogP contribution in [0.2, 0.25) is 0 Å². The maximum atomic E-state index is 5.66. The van der Waals surface area contributed by atoms with Crippen LogP contribution in [0.4, 0.5) is 5.69 Å². The average Bonchev–Trinajstić information content (AvgIpc) is 2.90. The average molecular weight is 252 g/mol. The van der Waals surface area contributed by atoms with Gasteiger partial charge in [-0.1, -0.05) is 18.2 Å². The number of nitrogens with one attached hydrogen (secondary N) is 1. The summed E-state index contributed by atoms with van der Waals surface area (Å²) in [5.41, 5.74) is 9.95. The van der Waals surface area contributed by atoms with E-state index in [0.717, 1.165) is 30.0 Å². The van der Waals surface area contributed by atoms with Gasteiger partial charge in [0.2, 0.25) is 0 Å². The van der Waals surface area contributed by atoms with Crippen LogP contribution in [0.1, 0.15) is 11.3 Å². The summed E-state index contributed by atoms with van der Waals surface area (Å²) in [6, 6.07) is 16.1. The number of rotatable bonds is 4. The molecule has 1 aromatic carbocycles. The first-order valence-electron chi connectivity index (χ1n) is 6.30. The van der Waals surface area contributed by atoms with E-state index in [-0.39, 0.29) is 0 Å². The second kappa shape index (κ2) is 5.12. The Morgan fingerprint density at radius 3 is 2.68 bits per heavy atom. The van der Waals surface area contributed by atoms with Crippen LogP contribution >= 0.6 is 0 Å². The van der Waals surface area contributed by atoms with Gasteiger partial charge in [-0.25, -0.2) is 4.52 Å². The summed E-state index contributed by atoms with van der Waals surface area (Å²) >= 11 is 0. The molecule has 0 bridgehead atoms. The minimum absolute atomic E-state index is 0.781. The van der Waals surface area contributed by atoms with Crippen molar-refractivity contribution in [1.29, 1.82) is 0 Å². The third-order valence-corrected chi connectivity index (χ3v) is 3.11. The highest BCUT2D eigenvalue weighted by atomic mass is 15.2. The Morgan fingerprint density at radius 1 is 1.00 bits per heavy atom. The quantitative estimate of drug-likeness (QED) is 0.700. The van der Waals surface area contributed by atoms with E-state index in [0.29, 0.717) is 0 Å². The van der Waals surface area contributed by atoms with Gasteiger partial charge in [-0.05, 0) is 35.9 Å². The minimum atomic E-state index is 0.781. The summed E-state index contributed by atoms with van der Waals surface area (Å²) in [7, 11) is 0. The van der Waals surface area contributed by atoms with Gasteiger partial charge in [0.05, 0.1) is 11.2 Å². The zero-order valence-electron chi connectivity index (χ0n) is 10.6. The molecule has 0 aliphatic rings. The van der Waals surface area contributed by atoms with Crippen molar-refractivity contribution in [3.63, 3.8) is 0 Å². The van der Waals surface area contributed by atoms with E-state index in [9.17, 15) is 0 Å². The van der Waals surface area contributed by atoms with Crippen LogP contribution in [0.3, 0.4) is 0 Å². The van der Waals surface area contributed by atoms with Gasteiger partial charge in [-0.2, -0.15) is 5.10 Å². The molecule has 0 saturated heterocycles. The number of pyridine rings is 1. The van der Waals surface area contributed by atoms with Crippen molar-refractivity contribution in [2.75, 3.05) is 5.73 Å². The smallest absolute Gasteiger partial charge is 0.0665 e. The van der Waals surface area contributed by atoms with Crippen molar-refractivity contribution in [3.8, 4) is 0 Å². The molecule has 3 aromatic rings. The molecule has 3 N–H and O–H groups in total. The molecule has 0 unspecified atom stereocenters. The van der Waals surface area contributed by atoms with E-state index in [1.54, 1.807) is 0 Å². The lowest BCUT2D eigenvalue weighted by molar-refractivity contribution is 0.661. The molecular weight excluding hydrogens is 236 g/mol. The Labute approximate surface area is 111 Å². The Kier molecular flexibility index (Phi) is 3.16. The van der Waals surface area contributed by atoms with Crippen LogP contribution in [0.5, 0.6) is 0 Å². The van der Waals surface area contributed by atoms with Crippen molar-refractivity contribution in [2.24, 2.45) is 0 Å². The summed E-state index contributed by atoms with van der Waals surface area (Å²) < 4.78 is 1.95. The first-order valence-corrected chi connectivity index (χ1v) is 6.30. The molecule has 0 aliphatic carbocycles. The lowest BCUT2D eigenvalue weighted by atomic mass is 10.2. The molecule has 3 rings (SSSR count). The molecule has 0 spiro atoms.